The maximum Gasteiger partial charge on any atom is 0.339 e. The highest BCUT2D eigenvalue weighted by Crippen LogP contribution is 2.41. The standard InChI is InChI=1S/C16H20BrNO3/c17-14-4-3-11(18)9-13(14)15(19)21-12-5-8-20-16(10-12)6-1-2-7-16/h3-4,9,12H,1-2,5-8,10,18H2. The zero-order valence-electron chi connectivity index (χ0n) is 11.9. The van der Waals surface area contributed by atoms with Crippen LogP contribution in [0.1, 0.15) is 48.9 Å². The summed E-state index contributed by atoms with van der Waals surface area (Å²) < 4.78 is 12.4. The van der Waals surface area contributed by atoms with Crippen LogP contribution in [0.5, 0.6) is 0 Å². The van der Waals surface area contributed by atoms with Crippen LogP contribution in [0.15, 0.2) is 22.7 Å². The fourth-order valence-electron chi connectivity index (χ4n) is 3.37. The van der Waals surface area contributed by atoms with Crippen molar-refractivity contribution in [2.45, 2.75) is 50.2 Å². The lowest BCUT2D eigenvalue weighted by Gasteiger charge is -2.37. The van der Waals surface area contributed by atoms with Gasteiger partial charge in [-0.1, -0.05) is 12.8 Å². The number of rotatable bonds is 2. The highest BCUT2D eigenvalue weighted by atomic mass is 79.9. The molecule has 0 bridgehead atoms. The Hall–Kier alpha value is -1.07. The summed E-state index contributed by atoms with van der Waals surface area (Å²) in [6, 6.07) is 5.17. The molecule has 5 heteroatoms. The van der Waals surface area contributed by atoms with E-state index in [1.54, 1.807) is 18.2 Å². The summed E-state index contributed by atoms with van der Waals surface area (Å²) in [5.74, 6) is -0.311. The summed E-state index contributed by atoms with van der Waals surface area (Å²) in [5, 5.41) is 0. The van der Waals surface area contributed by atoms with Crippen LogP contribution >= 0.6 is 15.9 Å². The molecule has 1 aliphatic carbocycles. The van der Waals surface area contributed by atoms with Crippen molar-refractivity contribution in [2.24, 2.45) is 0 Å². The molecule has 1 aliphatic heterocycles. The van der Waals surface area contributed by atoms with Crippen molar-refractivity contribution in [1.29, 1.82) is 0 Å². The molecule has 1 heterocycles. The Morgan fingerprint density at radius 1 is 1.38 bits per heavy atom. The van der Waals surface area contributed by atoms with Crippen LogP contribution < -0.4 is 5.73 Å². The molecule has 3 rings (SSSR count). The number of carbonyl (C=O) groups excluding carboxylic acids is 1. The molecule has 0 radical (unpaired) electrons. The lowest BCUT2D eigenvalue weighted by molar-refractivity contribution is -0.117. The molecule has 21 heavy (non-hydrogen) atoms. The number of hydrogen-bond acceptors (Lipinski definition) is 4. The lowest BCUT2D eigenvalue weighted by atomic mass is 9.90. The molecular weight excluding hydrogens is 334 g/mol. The minimum Gasteiger partial charge on any atom is -0.459 e. The van der Waals surface area contributed by atoms with Crippen LogP contribution in [0.25, 0.3) is 0 Å². The van der Waals surface area contributed by atoms with Crippen molar-refractivity contribution >= 4 is 27.6 Å². The normalized spacial score (nSPS) is 24.1. The quantitative estimate of drug-likeness (QED) is 0.650. The van der Waals surface area contributed by atoms with Gasteiger partial charge in [-0.05, 0) is 47.0 Å². The van der Waals surface area contributed by atoms with Crippen LogP contribution in [0.3, 0.4) is 0 Å². The number of nitrogens with two attached hydrogens (primary N) is 1. The van der Waals surface area contributed by atoms with E-state index in [2.05, 4.69) is 15.9 Å². The first-order chi connectivity index (χ1) is 10.1. The predicted molar refractivity (Wildman–Crippen MR) is 84.1 cm³/mol. The molecule has 1 unspecified atom stereocenters. The molecule has 1 aromatic rings. The minimum atomic E-state index is -0.311. The third-order valence-corrected chi connectivity index (χ3v) is 5.14. The Bertz CT molecular complexity index is 540. The van der Waals surface area contributed by atoms with E-state index in [9.17, 15) is 4.79 Å². The van der Waals surface area contributed by atoms with Gasteiger partial charge in [-0.2, -0.15) is 0 Å². The second-order valence-corrected chi connectivity index (χ2v) is 6.85. The van der Waals surface area contributed by atoms with Crippen LogP contribution in [0.2, 0.25) is 0 Å². The molecule has 0 amide bonds. The number of benzene rings is 1. The first-order valence-corrected chi connectivity index (χ1v) is 8.27. The van der Waals surface area contributed by atoms with E-state index in [0.29, 0.717) is 22.3 Å². The van der Waals surface area contributed by atoms with Gasteiger partial charge >= 0.3 is 5.97 Å². The zero-order chi connectivity index (χ0) is 14.9. The van der Waals surface area contributed by atoms with Crippen molar-refractivity contribution in [3.63, 3.8) is 0 Å². The maximum absolute atomic E-state index is 12.3. The van der Waals surface area contributed by atoms with Gasteiger partial charge in [-0.25, -0.2) is 4.79 Å². The molecule has 1 aromatic carbocycles. The zero-order valence-corrected chi connectivity index (χ0v) is 13.5. The molecule has 0 aromatic heterocycles. The van der Waals surface area contributed by atoms with Gasteiger partial charge in [0.05, 0.1) is 17.8 Å². The number of nitrogen functional groups attached to an aromatic ring is 1. The Kier molecular flexibility index (Phi) is 4.22. The molecular formula is C16H20BrNO3. The van der Waals surface area contributed by atoms with E-state index < -0.39 is 0 Å². The predicted octanol–water partition coefficient (Wildman–Crippen LogP) is 3.68. The SMILES string of the molecule is Nc1ccc(Br)c(C(=O)OC2CCOC3(CCCC3)C2)c1. The van der Waals surface area contributed by atoms with Crippen molar-refractivity contribution in [2.75, 3.05) is 12.3 Å². The van der Waals surface area contributed by atoms with Gasteiger partial charge in [-0.15, -0.1) is 0 Å². The van der Waals surface area contributed by atoms with E-state index >= 15 is 0 Å². The number of ether oxygens (including phenoxy) is 2. The Labute approximate surface area is 133 Å². The van der Waals surface area contributed by atoms with E-state index in [1.165, 1.54) is 12.8 Å². The summed E-state index contributed by atoms with van der Waals surface area (Å²) in [7, 11) is 0. The van der Waals surface area contributed by atoms with Crippen LogP contribution in [-0.2, 0) is 9.47 Å². The first-order valence-electron chi connectivity index (χ1n) is 7.48. The molecule has 2 fully saturated rings. The highest BCUT2D eigenvalue weighted by Gasteiger charge is 2.41. The van der Waals surface area contributed by atoms with Crippen molar-refractivity contribution in [1.82, 2.24) is 0 Å². The van der Waals surface area contributed by atoms with Gasteiger partial charge in [0.25, 0.3) is 0 Å². The van der Waals surface area contributed by atoms with Crippen LogP contribution in [0, 0.1) is 0 Å². The largest absolute Gasteiger partial charge is 0.459 e. The molecule has 4 nitrogen and oxygen atoms in total. The summed E-state index contributed by atoms with van der Waals surface area (Å²) in [5.41, 5.74) is 6.75. The number of halogens is 1. The second kappa shape index (κ2) is 5.97. The van der Waals surface area contributed by atoms with Gasteiger partial charge in [0.2, 0.25) is 0 Å². The van der Waals surface area contributed by atoms with Gasteiger partial charge in [0, 0.05) is 23.0 Å². The third kappa shape index (κ3) is 3.24. The number of carbonyl (C=O) groups is 1. The average Bonchev–Trinajstić information content (AvgIpc) is 2.89. The monoisotopic (exact) mass is 353 g/mol. The third-order valence-electron chi connectivity index (χ3n) is 4.45. The summed E-state index contributed by atoms with van der Waals surface area (Å²) in [6.45, 7) is 0.677. The molecule has 1 atom stereocenters. The molecule has 1 saturated carbocycles. The van der Waals surface area contributed by atoms with Crippen molar-refractivity contribution in [3.05, 3.63) is 28.2 Å². The molecule has 2 aliphatic rings. The average molecular weight is 354 g/mol. The van der Waals surface area contributed by atoms with Crippen molar-refractivity contribution in [3.8, 4) is 0 Å². The molecule has 1 saturated heterocycles. The fraction of sp³-hybridized carbons (Fsp3) is 0.562. The lowest BCUT2D eigenvalue weighted by Crippen LogP contribution is -2.41. The van der Waals surface area contributed by atoms with E-state index in [0.717, 1.165) is 25.7 Å². The van der Waals surface area contributed by atoms with E-state index in [-0.39, 0.29) is 17.7 Å². The molecule has 1 spiro atoms. The Morgan fingerprint density at radius 2 is 2.14 bits per heavy atom. The summed E-state index contributed by atoms with van der Waals surface area (Å²) >= 11 is 3.37. The van der Waals surface area contributed by atoms with E-state index in [1.807, 2.05) is 0 Å². The number of esters is 1. The smallest absolute Gasteiger partial charge is 0.339 e. The van der Waals surface area contributed by atoms with Gasteiger partial charge in [-0.3, -0.25) is 0 Å². The topological polar surface area (TPSA) is 61.6 Å². The van der Waals surface area contributed by atoms with E-state index in [4.69, 9.17) is 15.2 Å². The molecule has 2 N–H and O–H groups in total. The van der Waals surface area contributed by atoms with Crippen LogP contribution in [0.4, 0.5) is 5.69 Å². The van der Waals surface area contributed by atoms with Gasteiger partial charge in [0.1, 0.15) is 6.10 Å². The minimum absolute atomic E-state index is 0.0455. The maximum atomic E-state index is 12.3. The Balaban J connectivity index is 1.68. The van der Waals surface area contributed by atoms with Crippen molar-refractivity contribution < 1.29 is 14.3 Å². The fourth-order valence-corrected chi connectivity index (χ4v) is 3.77. The van der Waals surface area contributed by atoms with Gasteiger partial charge in [0.15, 0.2) is 0 Å². The second-order valence-electron chi connectivity index (χ2n) is 6.00. The number of anilines is 1. The number of hydrogen-bond donors (Lipinski definition) is 1. The first kappa shape index (κ1) is 14.9. The van der Waals surface area contributed by atoms with Gasteiger partial charge < -0.3 is 15.2 Å². The van der Waals surface area contributed by atoms with Crippen LogP contribution in [-0.4, -0.2) is 24.3 Å². The summed E-state index contributed by atoms with van der Waals surface area (Å²) in [4.78, 5) is 12.3. The highest BCUT2D eigenvalue weighted by molar-refractivity contribution is 9.10. The Morgan fingerprint density at radius 3 is 2.90 bits per heavy atom. The molecule has 114 valence electrons. The summed E-state index contributed by atoms with van der Waals surface area (Å²) in [6.07, 6.45) is 6.12.